The summed E-state index contributed by atoms with van der Waals surface area (Å²) in [6.07, 6.45) is 1.74. The van der Waals surface area contributed by atoms with Gasteiger partial charge in [0.2, 0.25) is 0 Å². The highest BCUT2D eigenvalue weighted by Crippen LogP contribution is 2.21. The molecule has 1 aromatic carbocycles. The maximum atomic E-state index is 12.3. The van der Waals surface area contributed by atoms with Gasteiger partial charge >= 0.3 is 0 Å². The number of nitrogens with zero attached hydrogens (tertiary/aromatic N) is 1. The lowest BCUT2D eigenvalue weighted by Gasteiger charge is -2.12. The molecule has 0 aliphatic heterocycles. The van der Waals surface area contributed by atoms with Gasteiger partial charge in [0.05, 0.1) is 12.7 Å². The Morgan fingerprint density at radius 3 is 2.64 bits per heavy atom. The number of methoxy groups -OCH3 is 1. The second kappa shape index (κ2) is 7.45. The molecule has 0 aliphatic carbocycles. The van der Waals surface area contributed by atoms with Crippen LogP contribution in [0.25, 0.3) is 0 Å². The number of nitrogens with one attached hydrogen (secondary N) is 2. The number of anilines is 1. The number of benzene rings is 1. The Morgan fingerprint density at radius 2 is 1.91 bits per heavy atom. The average Bonchev–Trinajstić information content (AvgIpc) is 2.52. The maximum Gasteiger partial charge on any atom is 0.255 e. The van der Waals surface area contributed by atoms with Crippen LogP contribution in [-0.2, 0) is 0 Å². The van der Waals surface area contributed by atoms with Crippen LogP contribution in [0.5, 0.6) is 5.75 Å². The molecule has 0 saturated carbocycles. The number of carbonyl (C=O) groups excluding carboxylic acids is 1. The van der Waals surface area contributed by atoms with E-state index in [-0.39, 0.29) is 5.91 Å². The van der Waals surface area contributed by atoms with Gasteiger partial charge in [-0.1, -0.05) is 18.2 Å². The Balaban J connectivity index is 1.90. The van der Waals surface area contributed by atoms with E-state index in [1.165, 1.54) is 0 Å². The van der Waals surface area contributed by atoms with Crippen LogP contribution in [0.15, 0.2) is 36.5 Å². The van der Waals surface area contributed by atoms with Gasteiger partial charge in [0.1, 0.15) is 11.6 Å². The number of pyridine rings is 1. The van der Waals surface area contributed by atoms with Crippen molar-refractivity contribution in [1.82, 2.24) is 10.3 Å². The van der Waals surface area contributed by atoms with Crippen molar-refractivity contribution in [1.29, 1.82) is 0 Å². The van der Waals surface area contributed by atoms with E-state index in [0.29, 0.717) is 24.4 Å². The molecule has 2 rings (SSSR count). The van der Waals surface area contributed by atoms with Gasteiger partial charge in [0.15, 0.2) is 0 Å². The molecule has 2 N–H and O–H groups in total. The highest BCUT2D eigenvalue weighted by Gasteiger charge is 2.14. The molecule has 0 atom stereocenters. The molecular formula is C17H21N3O2. The third kappa shape index (κ3) is 3.75. The molecule has 5 heteroatoms. The molecule has 0 radical (unpaired) electrons. The summed E-state index contributed by atoms with van der Waals surface area (Å²) in [5, 5.41) is 6.10. The lowest BCUT2D eigenvalue weighted by atomic mass is 10.1. The van der Waals surface area contributed by atoms with Gasteiger partial charge in [-0.15, -0.1) is 0 Å². The molecule has 0 spiro atoms. The lowest BCUT2D eigenvalue weighted by Crippen LogP contribution is -2.29. The van der Waals surface area contributed by atoms with Crippen LogP contribution in [0, 0.1) is 13.8 Å². The molecule has 1 heterocycles. The van der Waals surface area contributed by atoms with Gasteiger partial charge in [-0.25, -0.2) is 4.98 Å². The van der Waals surface area contributed by atoms with Crippen molar-refractivity contribution in [2.24, 2.45) is 0 Å². The van der Waals surface area contributed by atoms with Crippen molar-refractivity contribution in [3.05, 3.63) is 53.2 Å². The van der Waals surface area contributed by atoms with E-state index in [9.17, 15) is 4.79 Å². The van der Waals surface area contributed by atoms with E-state index in [0.717, 1.165) is 16.9 Å². The topological polar surface area (TPSA) is 63.2 Å². The minimum Gasteiger partial charge on any atom is -0.496 e. The van der Waals surface area contributed by atoms with Gasteiger partial charge in [-0.2, -0.15) is 0 Å². The Labute approximate surface area is 130 Å². The van der Waals surface area contributed by atoms with Crippen LogP contribution >= 0.6 is 0 Å². The summed E-state index contributed by atoms with van der Waals surface area (Å²) in [6.45, 7) is 5.00. The average molecular weight is 299 g/mol. The standard InChI is InChI=1S/C17H21N3O2/c1-12-6-4-8-14(22-3)15(12)17(21)20-11-10-19-16-13(2)7-5-9-18-16/h4-9H,10-11H2,1-3H3,(H,18,19)(H,20,21). The predicted octanol–water partition coefficient (Wildman–Crippen LogP) is 2.55. The maximum absolute atomic E-state index is 12.3. The van der Waals surface area contributed by atoms with Crippen LogP contribution in [0.1, 0.15) is 21.5 Å². The van der Waals surface area contributed by atoms with Gasteiger partial charge in [-0.3, -0.25) is 4.79 Å². The Hall–Kier alpha value is -2.56. The fourth-order valence-corrected chi connectivity index (χ4v) is 2.22. The van der Waals surface area contributed by atoms with Crippen molar-refractivity contribution in [2.75, 3.05) is 25.5 Å². The number of hydrogen-bond acceptors (Lipinski definition) is 4. The van der Waals surface area contributed by atoms with Crippen molar-refractivity contribution in [3.63, 3.8) is 0 Å². The summed E-state index contributed by atoms with van der Waals surface area (Å²) in [7, 11) is 1.57. The number of amides is 1. The minimum absolute atomic E-state index is 0.130. The molecule has 0 unspecified atom stereocenters. The summed E-state index contributed by atoms with van der Waals surface area (Å²) in [6, 6.07) is 9.44. The largest absolute Gasteiger partial charge is 0.496 e. The van der Waals surface area contributed by atoms with Gasteiger partial charge < -0.3 is 15.4 Å². The van der Waals surface area contributed by atoms with Crippen molar-refractivity contribution in [3.8, 4) is 5.75 Å². The minimum atomic E-state index is -0.130. The molecular weight excluding hydrogens is 278 g/mol. The zero-order valence-corrected chi connectivity index (χ0v) is 13.1. The molecule has 0 fully saturated rings. The number of aryl methyl sites for hydroxylation is 2. The predicted molar refractivity (Wildman–Crippen MR) is 87.5 cm³/mol. The van der Waals surface area contributed by atoms with E-state index in [2.05, 4.69) is 15.6 Å². The highest BCUT2D eigenvalue weighted by atomic mass is 16.5. The number of carbonyl (C=O) groups is 1. The van der Waals surface area contributed by atoms with E-state index in [1.807, 2.05) is 38.1 Å². The number of hydrogen-bond donors (Lipinski definition) is 2. The van der Waals surface area contributed by atoms with Gasteiger partial charge in [0, 0.05) is 19.3 Å². The molecule has 1 amide bonds. The summed E-state index contributed by atoms with van der Waals surface area (Å²) < 4.78 is 5.25. The van der Waals surface area contributed by atoms with E-state index in [4.69, 9.17) is 4.74 Å². The van der Waals surface area contributed by atoms with Crippen LogP contribution in [0.3, 0.4) is 0 Å². The second-order valence-electron chi connectivity index (χ2n) is 5.00. The molecule has 0 aliphatic rings. The van der Waals surface area contributed by atoms with Crippen LogP contribution in [-0.4, -0.2) is 31.1 Å². The zero-order valence-electron chi connectivity index (χ0n) is 13.1. The van der Waals surface area contributed by atoms with Crippen molar-refractivity contribution in [2.45, 2.75) is 13.8 Å². The Kier molecular flexibility index (Phi) is 5.36. The molecule has 5 nitrogen and oxygen atoms in total. The van der Waals surface area contributed by atoms with E-state index in [1.54, 1.807) is 19.4 Å². The summed E-state index contributed by atoms with van der Waals surface area (Å²) >= 11 is 0. The Morgan fingerprint density at radius 1 is 1.14 bits per heavy atom. The Bertz CT molecular complexity index is 656. The first kappa shape index (κ1) is 15.8. The monoisotopic (exact) mass is 299 g/mol. The number of rotatable bonds is 6. The van der Waals surface area contributed by atoms with Crippen molar-refractivity contribution >= 4 is 11.7 Å². The SMILES string of the molecule is COc1cccc(C)c1C(=O)NCCNc1ncccc1C. The van der Waals surface area contributed by atoms with Gasteiger partial charge in [0.25, 0.3) is 5.91 Å². The smallest absolute Gasteiger partial charge is 0.255 e. The van der Waals surface area contributed by atoms with E-state index >= 15 is 0 Å². The third-order valence-corrected chi connectivity index (χ3v) is 3.39. The molecule has 0 bridgehead atoms. The highest BCUT2D eigenvalue weighted by molar-refractivity contribution is 5.98. The first-order chi connectivity index (χ1) is 10.6. The number of ether oxygens (including phenoxy) is 1. The molecule has 2 aromatic rings. The summed E-state index contributed by atoms with van der Waals surface area (Å²) in [5.41, 5.74) is 2.55. The molecule has 1 aromatic heterocycles. The fourth-order valence-electron chi connectivity index (χ4n) is 2.22. The first-order valence-electron chi connectivity index (χ1n) is 7.20. The van der Waals surface area contributed by atoms with Crippen LogP contribution in [0.2, 0.25) is 0 Å². The summed E-state index contributed by atoms with van der Waals surface area (Å²) in [5.74, 6) is 1.30. The first-order valence-corrected chi connectivity index (χ1v) is 7.20. The van der Waals surface area contributed by atoms with Crippen LogP contribution < -0.4 is 15.4 Å². The molecule has 22 heavy (non-hydrogen) atoms. The van der Waals surface area contributed by atoms with Gasteiger partial charge in [-0.05, 0) is 37.1 Å². The zero-order chi connectivity index (χ0) is 15.9. The lowest BCUT2D eigenvalue weighted by molar-refractivity contribution is 0.0951. The fraction of sp³-hybridized carbons (Fsp3) is 0.294. The quantitative estimate of drug-likeness (QED) is 0.805. The van der Waals surface area contributed by atoms with Crippen molar-refractivity contribution < 1.29 is 9.53 Å². The van der Waals surface area contributed by atoms with Crippen LogP contribution in [0.4, 0.5) is 5.82 Å². The second-order valence-corrected chi connectivity index (χ2v) is 5.00. The number of aromatic nitrogens is 1. The van der Waals surface area contributed by atoms with E-state index < -0.39 is 0 Å². The normalized spacial score (nSPS) is 10.1. The summed E-state index contributed by atoms with van der Waals surface area (Å²) in [4.78, 5) is 16.5. The molecule has 0 saturated heterocycles. The molecule has 116 valence electrons. The third-order valence-electron chi connectivity index (χ3n) is 3.39.